The largest absolute Gasteiger partial charge is 0.417 e. The van der Waals surface area contributed by atoms with Gasteiger partial charge < -0.3 is 9.47 Å². The van der Waals surface area contributed by atoms with Crippen LogP contribution in [0.2, 0.25) is 5.02 Å². The third-order valence-corrected chi connectivity index (χ3v) is 6.41. The topological polar surface area (TPSA) is 63.9 Å². The normalized spacial score (nSPS) is 17.0. The van der Waals surface area contributed by atoms with E-state index in [0.717, 1.165) is 25.3 Å². The maximum atomic E-state index is 13.2. The zero-order valence-corrected chi connectivity index (χ0v) is 18.1. The summed E-state index contributed by atoms with van der Waals surface area (Å²) in [5, 5.41) is 9.92. The van der Waals surface area contributed by atoms with Gasteiger partial charge in [0.05, 0.1) is 27.7 Å². The molecule has 0 spiro atoms. The van der Waals surface area contributed by atoms with Crippen molar-refractivity contribution in [2.75, 3.05) is 7.05 Å². The Kier molecular flexibility index (Phi) is 6.02. The third-order valence-electron chi connectivity index (χ3n) is 5.42. The summed E-state index contributed by atoms with van der Waals surface area (Å²) in [5.74, 6) is 0.634. The van der Waals surface area contributed by atoms with Crippen LogP contribution in [0.1, 0.15) is 53.5 Å². The Morgan fingerprint density at radius 3 is 2.77 bits per heavy atom. The summed E-state index contributed by atoms with van der Waals surface area (Å²) >= 11 is 7.44. The van der Waals surface area contributed by atoms with Crippen LogP contribution in [0, 0.1) is 0 Å². The third kappa shape index (κ3) is 4.18. The fraction of sp³-hybridized carbons (Fsp3) is 0.400. The van der Waals surface area contributed by atoms with Gasteiger partial charge in [-0.3, -0.25) is 4.79 Å². The minimum atomic E-state index is -4.64. The van der Waals surface area contributed by atoms with Crippen molar-refractivity contribution in [3.05, 3.63) is 51.1 Å². The fourth-order valence-electron chi connectivity index (χ4n) is 3.82. The van der Waals surface area contributed by atoms with E-state index < -0.39 is 28.7 Å². The summed E-state index contributed by atoms with van der Waals surface area (Å²) in [7, 11) is 1.56. The highest BCUT2D eigenvalue weighted by Crippen LogP contribution is 2.38. The zero-order valence-electron chi connectivity index (χ0n) is 16.6. The molecule has 31 heavy (non-hydrogen) atoms. The van der Waals surface area contributed by atoms with E-state index in [-0.39, 0.29) is 5.56 Å². The van der Waals surface area contributed by atoms with Crippen molar-refractivity contribution in [1.29, 1.82) is 0 Å². The average Bonchev–Trinajstić information content (AvgIpc) is 3.36. The number of hydrogen-bond acceptors (Lipinski definition) is 5. The Hall–Kier alpha value is -2.46. The van der Waals surface area contributed by atoms with E-state index in [1.165, 1.54) is 28.4 Å². The van der Waals surface area contributed by atoms with Crippen LogP contribution in [0.15, 0.2) is 29.1 Å². The van der Waals surface area contributed by atoms with Crippen molar-refractivity contribution in [3.8, 4) is 11.5 Å². The van der Waals surface area contributed by atoms with Crippen LogP contribution in [0.5, 0.6) is 0 Å². The van der Waals surface area contributed by atoms with Crippen LogP contribution in [0.4, 0.5) is 13.2 Å². The fourth-order valence-corrected chi connectivity index (χ4v) is 4.67. The van der Waals surface area contributed by atoms with Crippen LogP contribution in [0.25, 0.3) is 11.5 Å². The summed E-state index contributed by atoms with van der Waals surface area (Å²) in [5.41, 5.74) is 1.20. The van der Waals surface area contributed by atoms with Gasteiger partial charge in [-0.05, 0) is 25.0 Å². The summed E-state index contributed by atoms with van der Waals surface area (Å²) in [6.45, 7) is 0.679. The van der Waals surface area contributed by atoms with E-state index >= 15 is 0 Å². The van der Waals surface area contributed by atoms with Gasteiger partial charge in [-0.15, -0.1) is 21.5 Å². The average molecular weight is 470 g/mol. The molecule has 0 aliphatic carbocycles. The second-order valence-electron chi connectivity index (χ2n) is 7.35. The number of aromatic nitrogens is 4. The molecule has 1 aliphatic rings. The molecule has 6 nitrogen and oxygen atoms in total. The Labute approximate surface area is 185 Å². The van der Waals surface area contributed by atoms with Crippen LogP contribution >= 0.6 is 22.9 Å². The highest BCUT2D eigenvalue weighted by molar-refractivity contribution is 7.07. The van der Waals surface area contributed by atoms with Crippen LogP contribution < -0.4 is 0 Å². The number of fused-ring (bicyclic) bond motifs is 1. The number of benzene rings is 1. The first kappa shape index (κ1) is 21.8. The second-order valence-corrected chi connectivity index (χ2v) is 8.45. The minimum Gasteiger partial charge on any atom is -0.331 e. The van der Waals surface area contributed by atoms with Crippen molar-refractivity contribution in [3.63, 3.8) is 0 Å². The first-order valence-electron chi connectivity index (χ1n) is 9.73. The number of carbonyl (C=O) groups is 1. The maximum Gasteiger partial charge on any atom is 0.417 e. The molecule has 2 aromatic heterocycles. The lowest BCUT2D eigenvalue weighted by Crippen LogP contribution is -2.34. The van der Waals surface area contributed by atoms with Crippen LogP contribution in [0.3, 0.4) is 0 Å². The predicted octanol–water partition coefficient (Wildman–Crippen LogP) is 5.46. The van der Waals surface area contributed by atoms with E-state index in [1.807, 2.05) is 9.95 Å². The molecule has 0 saturated heterocycles. The van der Waals surface area contributed by atoms with Gasteiger partial charge in [0.1, 0.15) is 5.69 Å². The van der Waals surface area contributed by atoms with Gasteiger partial charge in [0.15, 0.2) is 11.6 Å². The lowest BCUT2D eigenvalue weighted by atomic mass is 10.0. The molecule has 1 atom stereocenters. The Morgan fingerprint density at radius 2 is 2.06 bits per heavy atom. The quantitative estimate of drug-likeness (QED) is 0.511. The number of nitrogens with zero attached hydrogens (tertiary/aromatic N) is 5. The molecule has 1 aromatic carbocycles. The Balaban J connectivity index is 1.71. The Morgan fingerprint density at radius 1 is 1.26 bits per heavy atom. The molecular formula is C20H19ClF3N5OS. The summed E-state index contributed by atoms with van der Waals surface area (Å²) < 4.78 is 41.7. The lowest BCUT2D eigenvalue weighted by Gasteiger charge is -2.30. The van der Waals surface area contributed by atoms with Gasteiger partial charge >= 0.3 is 6.18 Å². The molecule has 1 aliphatic heterocycles. The monoisotopic (exact) mass is 469 g/mol. The Bertz CT molecular complexity index is 1080. The molecule has 164 valence electrons. The summed E-state index contributed by atoms with van der Waals surface area (Å²) in [6, 6.07) is 2.92. The smallest absolute Gasteiger partial charge is 0.331 e. The zero-order chi connectivity index (χ0) is 22.2. The van der Waals surface area contributed by atoms with Gasteiger partial charge in [-0.2, -0.15) is 13.2 Å². The molecule has 4 rings (SSSR count). The van der Waals surface area contributed by atoms with Gasteiger partial charge in [-0.25, -0.2) is 4.98 Å². The minimum absolute atomic E-state index is 0.188. The number of rotatable bonds is 3. The number of alkyl halides is 3. The molecule has 11 heteroatoms. The van der Waals surface area contributed by atoms with E-state index in [0.29, 0.717) is 30.3 Å². The second kappa shape index (κ2) is 8.58. The molecule has 0 fully saturated rings. The van der Waals surface area contributed by atoms with E-state index in [2.05, 4.69) is 15.2 Å². The maximum absolute atomic E-state index is 13.2. The molecule has 3 aromatic rings. The van der Waals surface area contributed by atoms with Crippen molar-refractivity contribution in [2.24, 2.45) is 0 Å². The molecule has 0 saturated carbocycles. The van der Waals surface area contributed by atoms with Crippen LogP contribution in [-0.4, -0.2) is 37.6 Å². The van der Waals surface area contributed by atoms with Gasteiger partial charge in [0.25, 0.3) is 5.91 Å². The van der Waals surface area contributed by atoms with E-state index in [4.69, 9.17) is 11.6 Å². The van der Waals surface area contributed by atoms with Gasteiger partial charge in [0.2, 0.25) is 0 Å². The highest BCUT2D eigenvalue weighted by atomic mass is 35.5. The number of carbonyl (C=O) groups excluding carboxylic acids is 1. The first-order valence-corrected chi connectivity index (χ1v) is 11.1. The highest BCUT2D eigenvalue weighted by Gasteiger charge is 2.36. The SMILES string of the molecule is CN(C(=O)c1cccc(C(F)(F)F)c1Cl)[C@@H]1CCCCCn2c(-c3cscn3)nnc21. The van der Waals surface area contributed by atoms with Gasteiger partial charge in [-0.1, -0.05) is 30.5 Å². The van der Waals surface area contributed by atoms with E-state index in [1.54, 1.807) is 12.6 Å². The molecule has 0 unspecified atom stereocenters. The van der Waals surface area contributed by atoms with Gasteiger partial charge in [0, 0.05) is 19.0 Å². The molecule has 1 amide bonds. The molecule has 0 N–H and O–H groups in total. The van der Waals surface area contributed by atoms with Crippen molar-refractivity contribution >= 4 is 28.8 Å². The standard InChI is InChI=1S/C20H19ClF3N5OS/c1-28(19(30)12-6-5-7-13(16(12)21)20(22,23)24)15-8-3-2-4-9-29-17(26-27-18(15)29)14-10-31-11-25-14/h5-7,10-11,15H,2-4,8-9H2,1H3/t15-/m1/s1. The summed E-state index contributed by atoms with van der Waals surface area (Å²) in [6.07, 6.45) is -1.27. The number of amides is 1. The predicted molar refractivity (Wildman–Crippen MR) is 111 cm³/mol. The van der Waals surface area contributed by atoms with Crippen molar-refractivity contribution in [2.45, 2.75) is 44.4 Å². The molecular weight excluding hydrogens is 451 g/mol. The molecule has 0 radical (unpaired) electrons. The molecule has 0 bridgehead atoms. The van der Waals surface area contributed by atoms with Crippen molar-refractivity contribution < 1.29 is 18.0 Å². The molecule has 3 heterocycles. The number of hydrogen-bond donors (Lipinski definition) is 0. The summed E-state index contributed by atoms with van der Waals surface area (Å²) in [4.78, 5) is 18.9. The van der Waals surface area contributed by atoms with E-state index in [9.17, 15) is 18.0 Å². The first-order chi connectivity index (χ1) is 14.8. The van der Waals surface area contributed by atoms with Crippen LogP contribution in [-0.2, 0) is 12.7 Å². The van der Waals surface area contributed by atoms with Crippen molar-refractivity contribution in [1.82, 2.24) is 24.6 Å². The lowest BCUT2D eigenvalue weighted by molar-refractivity contribution is -0.137. The number of thiazole rings is 1. The number of halogens is 4.